The standard InChI is InChI=1S/C14H12N4O/c15-8-11-3-6-14(17-9-11)18-12-4-1-10(2-5-12)7-13(16)19/h1-6,9H,7H2,(H2,16,19)(H,17,18). The molecule has 1 aromatic carbocycles. The van der Waals surface area contributed by atoms with Gasteiger partial charge in [0.05, 0.1) is 12.0 Å². The molecule has 0 spiro atoms. The van der Waals surface area contributed by atoms with Crippen molar-refractivity contribution in [2.75, 3.05) is 5.32 Å². The van der Waals surface area contributed by atoms with E-state index in [4.69, 9.17) is 11.0 Å². The van der Waals surface area contributed by atoms with E-state index in [1.54, 1.807) is 12.1 Å². The minimum atomic E-state index is -0.352. The monoisotopic (exact) mass is 252 g/mol. The van der Waals surface area contributed by atoms with Gasteiger partial charge in [-0.05, 0) is 29.8 Å². The molecule has 0 aliphatic heterocycles. The van der Waals surface area contributed by atoms with Gasteiger partial charge in [0.1, 0.15) is 11.9 Å². The maximum atomic E-state index is 10.8. The van der Waals surface area contributed by atoms with Gasteiger partial charge in [0.15, 0.2) is 0 Å². The topological polar surface area (TPSA) is 91.8 Å². The van der Waals surface area contributed by atoms with Gasteiger partial charge in [0.25, 0.3) is 0 Å². The molecule has 0 saturated carbocycles. The molecule has 0 atom stereocenters. The molecule has 0 saturated heterocycles. The van der Waals surface area contributed by atoms with Gasteiger partial charge >= 0.3 is 0 Å². The zero-order valence-electron chi connectivity index (χ0n) is 10.1. The summed E-state index contributed by atoms with van der Waals surface area (Å²) in [5.74, 6) is 0.302. The predicted octanol–water partition coefficient (Wildman–Crippen LogP) is 1.72. The van der Waals surface area contributed by atoms with Crippen molar-refractivity contribution >= 4 is 17.4 Å². The highest BCUT2D eigenvalue weighted by atomic mass is 16.1. The van der Waals surface area contributed by atoms with E-state index >= 15 is 0 Å². The van der Waals surface area contributed by atoms with Gasteiger partial charge in [-0.3, -0.25) is 4.79 Å². The molecule has 0 aliphatic carbocycles. The van der Waals surface area contributed by atoms with Crippen LogP contribution in [0.2, 0.25) is 0 Å². The molecule has 5 nitrogen and oxygen atoms in total. The molecule has 3 N–H and O–H groups in total. The second-order valence-corrected chi connectivity index (χ2v) is 4.01. The first-order chi connectivity index (χ1) is 9.17. The second kappa shape index (κ2) is 5.65. The van der Waals surface area contributed by atoms with Crippen LogP contribution in [0.5, 0.6) is 0 Å². The van der Waals surface area contributed by atoms with Crippen molar-refractivity contribution in [3.8, 4) is 6.07 Å². The summed E-state index contributed by atoms with van der Waals surface area (Å²) in [7, 11) is 0. The van der Waals surface area contributed by atoms with E-state index in [2.05, 4.69) is 10.3 Å². The average molecular weight is 252 g/mol. The summed E-state index contributed by atoms with van der Waals surface area (Å²) in [5, 5.41) is 11.8. The highest BCUT2D eigenvalue weighted by molar-refractivity contribution is 5.76. The van der Waals surface area contributed by atoms with Gasteiger partial charge < -0.3 is 11.1 Å². The Morgan fingerprint density at radius 3 is 2.53 bits per heavy atom. The molecule has 0 fully saturated rings. The molecule has 1 heterocycles. The van der Waals surface area contributed by atoms with E-state index in [-0.39, 0.29) is 12.3 Å². The maximum Gasteiger partial charge on any atom is 0.221 e. The fourth-order valence-electron chi connectivity index (χ4n) is 1.59. The van der Waals surface area contributed by atoms with Crippen LogP contribution in [0.15, 0.2) is 42.6 Å². The molecule has 2 aromatic rings. The van der Waals surface area contributed by atoms with Gasteiger partial charge in [0, 0.05) is 11.9 Å². The van der Waals surface area contributed by atoms with E-state index in [9.17, 15) is 4.79 Å². The van der Waals surface area contributed by atoms with Crippen molar-refractivity contribution in [1.29, 1.82) is 5.26 Å². The molecule has 94 valence electrons. The first kappa shape index (κ1) is 12.6. The third kappa shape index (κ3) is 3.54. The summed E-state index contributed by atoms with van der Waals surface area (Å²) in [6, 6.07) is 12.8. The fourth-order valence-corrected chi connectivity index (χ4v) is 1.59. The van der Waals surface area contributed by atoms with Gasteiger partial charge in [-0.2, -0.15) is 5.26 Å². The van der Waals surface area contributed by atoms with Crippen molar-refractivity contribution in [2.24, 2.45) is 5.73 Å². The summed E-state index contributed by atoms with van der Waals surface area (Å²) in [6.45, 7) is 0. The maximum absolute atomic E-state index is 10.8. The van der Waals surface area contributed by atoms with Gasteiger partial charge in [-0.15, -0.1) is 0 Å². The summed E-state index contributed by atoms with van der Waals surface area (Å²) in [4.78, 5) is 14.9. The molecule has 1 amide bonds. The van der Waals surface area contributed by atoms with Crippen LogP contribution in [-0.2, 0) is 11.2 Å². The first-order valence-corrected chi connectivity index (χ1v) is 5.68. The van der Waals surface area contributed by atoms with Crippen LogP contribution >= 0.6 is 0 Å². The quantitative estimate of drug-likeness (QED) is 0.866. The predicted molar refractivity (Wildman–Crippen MR) is 71.6 cm³/mol. The minimum Gasteiger partial charge on any atom is -0.369 e. The highest BCUT2D eigenvalue weighted by Gasteiger charge is 2.00. The van der Waals surface area contributed by atoms with Crippen LogP contribution in [0.25, 0.3) is 0 Å². The number of anilines is 2. The molecule has 0 unspecified atom stereocenters. The smallest absolute Gasteiger partial charge is 0.221 e. The third-order valence-electron chi connectivity index (χ3n) is 2.50. The lowest BCUT2D eigenvalue weighted by molar-refractivity contribution is -0.117. The van der Waals surface area contributed by atoms with Crippen molar-refractivity contribution < 1.29 is 4.79 Å². The number of hydrogen-bond acceptors (Lipinski definition) is 4. The molecular formula is C14H12N4O. The Kier molecular flexibility index (Phi) is 3.74. The molecule has 2 rings (SSSR count). The third-order valence-corrected chi connectivity index (χ3v) is 2.50. The first-order valence-electron chi connectivity index (χ1n) is 5.68. The number of nitriles is 1. The van der Waals surface area contributed by atoms with Crippen molar-refractivity contribution in [1.82, 2.24) is 4.98 Å². The summed E-state index contributed by atoms with van der Waals surface area (Å²) >= 11 is 0. The van der Waals surface area contributed by atoms with E-state index in [0.717, 1.165) is 11.3 Å². The lowest BCUT2D eigenvalue weighted by Crippen LogP contribution is -2.13. The fraction of sp³-hybridized carbons (Fsp3) is 0.0714. The van der Waals surface area contributed by atoms with Crippen LogP contribution in [0.4, 0.5) is 11.5 Å². The van der Waals surface area contributed by atoms with Crippen LogP contribution < -0.4 is 11.1 Å². The summed E-state index contributed by atoms with van der Waals surface area (Å²) in [6.07, 6.45) is 1.74. The molecule has 0 radical (unpaired) electrons. The van der Waals surface area contributed by atoms with Crippen molar-refractivity contribution in [3.05, 3.63) is 53.7 Å². The van der Waals surface area contributed by atoms with Crippen LogP contribution in [0.1, 0.15) is 11.1 Å². The largest absolute Gasteiger partial charge is 0.369 e. The van der Waals surface area contributed by atoms with Gasteiger partial charge in [-0.1, -0.05) is 12.1 Å². The number of hydrogen-bond donors (Lipinski definition) is 2. The Labute approximate surface area is 110 Å². The van der Waals surface area contributed by atoms with Crippen LogP contribution in [0.3, 0.4) is 0 Å². The molecule has 1 aromatic heterocycles. The zero-order chi connectivity index (χ0) is 13.7. The van der Waals surface area contributed by atoms with E-state index in [1.807, 2.05) is 30.3 Å². The van der Waals surface area contributed by atoms with E-state index in [0.29, 0.717) is 11.4 Å². The Hall–Kier alpha value is -2.87. The Morgan fingerprint density at radius 1 is 1.26 bits per heavy atom. The molecule has 5 heteroatoms. The lowest BCUT2D eigenvalue weighted by Gasteiger charge is -2.06. The summed E-state index contributed by atoms with van der Waals surface area (Å²) in [5.41, 5.74) is 7.36. The Bertz CT molecular complexity index is 611. The van der Waals surface area contributed by atoms with E-state index in [1.165, 1.54) is 6.20 Å². The highest BCUT2D eigenvalue weighted by Crippen LogP contribution is 2.15. The number of pyridine rings is 1. The molecule has 0 bridgehead atoms. The number of primary amides is 1. The average Bonchev–Trinajstić information content (AvgIpc) is 2.41. The molecule has 0 aliphatic rings. The van der Waals surface area contributed by atoms with Gasteiger partial charge in [0.2, 0.25) is 5.91 Å². The molecular weight excluding hydrogens is 240 g/mol. The number of nitrogens with zero attached hydrogens (tertiary/aromatic N) is 2. The van der Waals surface area contributed by atoms with Gasteiger partial charge in [-0.25, -0.2) is 4.98 Å². The van der Waals surface area contributed by atoms with Crippen LogP contribution in [-0.4, -0.2) is 10.9 Å². The molecule has 19 heavy (non-hydrogen) atoms. The van der Waals surface area contributed by atoms with Crippen molar-refractivity contribution in [3.63, 3.8) is 0 Å². The number of rotatable bonds is 4. The number of benzene rings is 1. The second-order valence-electron chi connectivity index (χ2n) is 4.01. The lowest BCUT2D eigenvalue weighted by atomic mass is 10.1. The number of amides is 1. The Morgan fingerprint density at radius 2 is 2.00 bits per heavy atom. The number of nitrogens with one attached hydrogen (secondary N) is 1. The summed E-state index contributed by atoms with van der Waals surface area (Å²) < 4.78 is 0. The SMILES string of the molecule is N#Cc1ccc(Nc2ccc(CC(N)=O)cc2)nc1. The minimum absolute atomic E-state index is 0.232. The Balaban J connectivity index is 2.06. The number of carbonyl (C=O) groups excluding carboxylic acids is 1. The van der Waals surface area contributed by atoms with E-state index < -0.39 is 0 Å². The number of nitrogens with two attached hydrogens (primary N) is 1. The number of carbonyl (C=O) groups is 1. The normalized spacial score (nSPS) is 9.63. The zero-order valence-corrected chi connectivity index (χ0v) is 10.1. The van der Waals surface area contributed by atoms with Crippen molar-refractivity contribution in [2.45, 2.75) is 6.42 Å². The van der Waals surface area contributed by atoms with Crippen LogP contribution in [0, 0.1) is 11.3 Å². The number of aromatic nitrogens is 1.